The first-order chi connectivity index (χ1) is 12.4. The maximum Gasteiger partial charge on any atom is 0.491 e. The first-order valence-electron chi connectivity index (χ1n) is 8.50. The van der Waals surface area contributed by atoms with Gasteiger partial charge in [0.05, 0.1) is 5.52 Å². The fourth-order valence-electron chi connectivity index (χ4n) is 3.65. The molecule has 8 heteroatoms. The zero-order valence-electron chi connectivity index (χ0n) is 13.8. The minimum Gasteiger partial charge on any atom is -0.472 e. The second-order valence-electron chi connectivity index (χ2n) is 6.72. The smallest absolute Gasteiger partial charge is 0.472 e. The van der Waals surface area contributed by atoms with Crippen LogP contribution in [0.2, 0.25) is 0 Å². The lowest BCUT2D eigenvalue weighted by Crippen LogP contribution is -2.42. The third-order valence-electron chi connectivity index (χ3n) is 4.80. The maximum absolute atomic E-state index is 12.6. The molecule has 26 heavy (non-hydrogen) atoms. The van der Waals surface area contributed by atoms with Crippen molar-refractivity contribution in [3.8, 4) is 11.6 Å². The molecule has 5 nitrogen and oxygen atoms in total. The van der Waals surface area contributed by atoms with Crippen molar-refractivity contribution >= 4 is 16.9 Å². The van der Waals surface area contributed by atoms with Gasteiger partial charge in [-0.3, -0.25) is 0 Å². The zero-order valence-corrected chi connectivity index (χ0v) is 13.8. The lowest BCUT2D eigenvalue weighted by Gasteiger charge is -2.29. The molecule has 0 saturated carbocycles. The monoisotopic (exact) mass is 366 g/mol. The predicted octanol–water partition coefficient (Wildman–Crippen LogP) is 3.36. The van der Waals surface area contributed by atoms with Gasteiger partial charge in [0.2, 0.25) is 0 Å². The summed E-state index contributed by atoms with van der Waals surface area (Å²) in [5.41, 5.74) is 0.561. The number of piperidine rings is 1. The summed E-state index contributed by atoms with van der Waals surface area (Å²) in [5.74, 6) is -2.67. The fraction of sp³-hybridized carbons (Fsp3) is 0.444. The molecule has 2 atom stereocenters. The molecule has 2 aromatic rings. The van der Waals surface area contributed by atoms with Gasteiger partial charge in [-0.2, -0.15) is 13.2 Å². The third-order valence-corrected chi connectivity index (χ3v) is 4.80. The lowest BCUT2D eigenvalue weighted by atomic mass is 10.0. The highest BCUT2D eigenvalue weighted by Crippen LogP contribution is 2.35. The number of aromatic nitrogens is 1. The van der Waals surface area contributed by atoms with Crippen LogP contribution in [-0.4, -0.2) is 35.3 Å². The summed E-state index contributed by atoms with van der Waals surface area (Å²) in [6.45, 7) is 0. The van der Waals surface area contributed by atoms with Gasteiger partial charge in [0, 0.05) is 17.5 Å². The molecule has 2 aliphatic heterocycles. The number of alkyl halides is 3. The molecule has 3 heterocycles. The van der Waals surface area contributed by atoms with Crippen molar-refractivity contribution in [1.82, 2.24) is 10.3 Å². The van der Waals surface area contributed by atoms with Crippen molar-refractivity contribution in [2.45, 2.75) is 50.0 Å². The Kier molecular flexibility index (Phi) is 4.22. The number of hydrogen-bond donors (Lipinski definition) is 1. The summed E-state index contributed by atoms with van der Waals surface area (Å²) < 4.78 is 48.3. The number of para-hydroxylation sites is 1. The highest BCUT2D eigenvalue weighted by Gasteiger charge is 2.42. The van der Waals surface area contributed by atoms with Gasteiger partial charge in [0.15, 0.2) is 5.75 Å². The lowest BCUT2D eigenvalue weighted by molar-refractivity contribution is -0.189. The number of rotatable bonds is 3. The van der Waals surface area contributed by atoms with Gasteiger partial charge in [0.25, 0.3) is 5.88 Å². The predicted molar refractivity (Wildman–Crippen MR) is 87.0 cm³/mol. The van der Waals surface area contributed by atoms with E-state index in [9.17, 15) is 18.0 Å². The first kappa shape index (κ1) is 17.1. The van der Waals surface area contributed by atoms with Crippen LogP contribution in [0.1, 0.15) is 25.7 Å². The number of nitrogens with zero attached hydrogens (tertiary/aromatic N) is 1. The van der Waals surface area contributed by atoms with Crippen LogP contribution < -0.4 is 14.8 Å². The van der Waals surface area contributed by atoms with Crippen molar-refractivity contribution < 1.29 is 27.4 Å². The van der Waals surface area contributed by atoms with Crippen LogP contribution in [0, 0.1) is 0 Å². The van der Waals surface area contributed by atoms with Crippen LogP contribution in [0.4, 0.5) is 13.2 Å². The van der Waals surface area contributed by atoms with Crippen molar-refractivity contribution in [2.24, 2.45) is 0 Å². The van der Waals surface area contributed by atoms with Crippen LogP contribution in [0.25, 0.3) is 10.9 Å². The number of esters is 1. The number of pyridine rings is 1. The Hall–Kier alpha value is -2.35. The van der Waals surface area contributed by atoms with Crippen molar-refractivity contribution in [1.29, 1.82) is 0 Å². The summed E-state index contributed by atoms with van der Waals surface area (Å²) >= 11 is 0. The number of carbonyl (C=O) groups excluding carboxylic acids is 1. The van der Waals surface area contributed by atoms with Gasteiger partial charge in [-0.15, -0.1) is 0 Å². The molecular formula is C18H17F3N2O3. The molecule has 2 saturated heterocycles. The summed E-state index contributed by atoms with van der Waals surface area (Å²) in [6.07, 6.45) is -1.64. The fourth-order valence-corrected chi connectivity index (χ4v) is 3.65. The molecule has 1 aromatic carbocycles. The van der Waals surface area contributed by atoms with E-state index < -0.39 is 12.1 Å². The average Bonchev–Trinajstić information content (AvgIpc) is 2.93. The zero-order chi connectivity index (χ0) is 18.3. The Morgan fingerprint density at radius 3 is 2.54 bits per heavy atom. The Balaban J connectivity index is 1.64. The quantitative estimate of drug-likeness (QED) is 0.844. The van der Waals surface area contributed by atoms with Crippen molar-refractivity contribution in [2.75, 3.05) is 0 Å². The number of fused-ring (bicyclic) bond motifs is 3. The van der Waals surface area contributed by atoms with Crippen LogP contribution >= 0.6 is 0 Å². The summed E-state index contributed by atoms with van der Waals surface area (Å²) in [4.78, 5) is 15.6. The minimum absolute atomic E-state index is 0.0763. The molecule has 0 spiro atoms. The Labute approximate surface area is 147 Å². The second-order valence-corrected chi connectivity index (χ2v) is 6.72. The summed E-state index contributed by atoms with van der Waals surface area (Å²) in [6, 6.07) is 8.96. The topological polar surface area (TPSA) is 60.5 Å². The highest BCUT2D eigenvalue weighted by atomic mass is 19.4. The molecule has 138 valence electrons. The van der Waals surface area contributed by atoms with E-state index in [0.717, 1.165) is 25.7 Å². The van der Waals surface area contributed by atoms with Crippen LogP contribution in [0.5, 0.6) is 11.6 Å². The molecular weight excluding hydrogens is 349 g/mol. The molecule has 0 aliphatic carbocycles. The summed E-state index contributed by atoms with van der Waals surface area (Å²) in [7, 11) is 0. The Morgan fingerprint density at radius 1 is 1.15 bits per heavy atom. The van der Waals surface area contributed by atoms with Gasteiger partial charge in [-0.05, 0) is 37.8 Å². The largest absolute Gasteiger partial charge is 0.491 e. The number of benzene rings is 1. The van der Waals surface area contributed by atoms with Gasteiger partial charge in [-0.25, -0.2) is 9.78 Å². The van der Waals surface area contributed by atoms with Gasteiger partial charge in [0.1, 0.15) is 6.10 Å². The number of nitrogens with one attached hydrogen (secondary N) is 1. The Bertz CT molecular complexity index is 828. The molecule has 0 amide bonds. The molecule has 2 bridgehead atoms. The minimum atomic E-state index is -5.09. The van der Waals surface area contributed by atoms with Gasteiger partial charge >= 0.3 is 12.1 Å². The third kappa shape index (κ3) is 3.46. The molecule has 2 aliphatic rings. The maximum atomic E-state index is 12.6. The average molecular weight is 366 g/mol. The molecule has 1 aromatic heterocycles. The molecule has 2 unspecified atom stereocenters. The number of halogens is 3. The van der Waals surface area contributed by atoms with E-state index in [1.54, 1.807) is 24.3 Å². The molecule has 1 N–H and O–H groups in total. The Morgan fingerprint density at radius 2 is 1.85 bits per heavy atom. The van der Waals surface area contributed by atoms with E-state index in [1.165, 1.54) is 6.07 Å². The van der Waals surface area contributed by atoms with E-state index in [4.69, 9.17) is 4.74 Å². The van der Waals surface area contributed by atoms with E-state index in [1.807, 2.05) is 0 Å². The molecule has 4 rings (SSSR count). The standard InChI is InChI=1S/C18H17F3N2O3/c19-18(20,21)17(24)26-15-7-10-3-1-2-4-14(10)23-16(15)25-13-8-11-5-6-12(9-13)22-11/h1-4,7,11-13,22H,5-6,8-9H2. The van der Waals surface area contributed by atoms with Crippen molar-refractivity contribution in [3.05, 3.63) is 30.3 Å². The number of hydrogen-bond acceptors (Lipinski definition) is 5. The normalized spacial score (nSPS) is 25.3. The highest BCUT2D eigenvalue weighted by molar-refractivity contribution is 5.84. The van der Waals surface area contributed by atoms with E-state index in [0.29, 0.717) is 23.0 Å². The molecule has 2 fully saturated rings. The molecule has 0 radical (unpaired) electrons. The number of carbonyl (C=O) groups is 1. The van der Waals surface area contributed by atoms with Gasteiger partial charge in [-0.1, -0.05) is 18.2 Å². The van der Waals surface area contributed by atoms with E-state index in [-0.39, 0.29) is 17.7 Å². The van der Waals surface area contributed by atoms with E-state index in [2.05, 4.69) is 15.0 Å². The second kappa shape index (κ2) is 6.42. The number of ether oxygens (including phenoxy) is 2. The van der Waals surface area contributed by atoms with Crippen molar-refractivity contribution in [3.63, 3.8) is 0 Å². The summed E-state index contributed by atoms with van der Waals surface area (Å²) in [5, 5.41) is 4.03. The van der Waals surface area contributed by atoms with Crippen LogP contribution in [-0.2, 0) is 4.79 Å². The van der Waals surface area contributed by atoms with Crippen LogP contribution in [0.15, 0.2) is 30.3 Å². The van der Waals surface area contributed by atoms with Crippen LogP contribution in [0.3, 0.4) is 0 Å². The van der Waals surface area contributed by atoms with E-state index >= 15 is 0 Å². The SMILES string of the molecule is O=C(Oc1cc2ccccc2nc1OC1CC2CCC(C1)N2)C(F)(F)F. The van der Waals surface area contributed by atoms with Gasteiger partial charge < -0.3 is 14.8 Å². The first-order valence-corrected chi connectivity index (χ1v) is 8.50.